The summed E-state index contributed by atoms with van der Waals surface area (Å²) in [5, 5.41) is 0. The molecule has 26 heavy (non-hydrogen) atoms. The molecule has 2 rings (SSSR count). The van der Waals surface area contributed by atoms with Gasteiger partial charge in [0.25, 0.3) is 6.36 Å². The maximum absolute atomic E-state index is 11.6. The van der Waals surface area contributed by atoms with Crippen LogP contribution in [-0.2, 0) is 37.9 Å². The number of ether oxygens (including phenoxy) is 8. The molecule has 0 aromatic carbocycles. The van der Waals surface area contributed by atoms with E-state index in [1.165, 1.54) is 21.3 Å². The van der Waals surface area contributed by atoms with Gasteiger partial charge in [0.05, 0.1) is 27.9 Å². The molecule has 12 nitrogen and oxygen atoms in total. The fourth-order valence-corrected chi connectivity index (χ4v) is 0.858. The van der Waals surface area contributed by atoms with Crippen molar-refractivity contribution in [3.05, 3.63) is 0 Å². The van der Waals surface area contributed by atoms with Crippen LogP contribution in [0.3, 0.4) is 0 Å². The second kappa shape index (κ2) is 16.9. The molecule has 2 aliphatic rings. The van der Waals surface area contributed by atoms with E-state index < -0.39 is 31.0 Å². The van der Waals surface area contributed by atoms with E-state index in [4.69, 9.17) is 0 Å². The molecule has 0 saturated carbocycles. The van der Waals surface area contributed by atoms with Crippen LogP contribution in [-0.4, -0.2) is 78.7 Å². The van der Waals surface area contributed by atoms with Crippen LogP contribution in [0.4, 0.5) is 23.6 Å². The van der Waals surface area contributed by atoms with Gasteiger partial charge in [0.2, 0.25) is 0 Å². The first-order valence-corrected chi connectivity index (χ1v) is 6.90. The van der Waals surface area contributed by atoms with E-state index in [1.807, 2.05) is 0 Å². The van der Waals surface area contributed by atoms with Crippen LogP contribution < -0.4 is 0 Å². The van der Waals surface area contributed by atoms with Crippen molar-refractivity contribution < 1.29 is 61.5 Å². The average molecular weight is 388 g/mol. The molecule has 1 atom stereocenters. The summed E-state index contributed by atoms with van der Waals surface area (Å²) in [4.78, 5) is 39.3. The van der Waals surface area contributed by atoms with Crippen LogP contribution in [0.2, 0.25) is 0 Å². The van der Waals surface area contributed by atoms with Crippen LogP contribution in [0.5, 0.6) is 0 Å². The van der Waals surface area contributed by atoms with Crippen molar-refractivity contribution in [1.82, 2.24) is 0 Å². The summed E-state index contributed by atoms with van der Waals surface area (Å²) in [6.07, 6.45) is -4.30. The summed E-state index contributed by atoms with van der Waals surface area (Å²) in [6, 6.07) is 0. The van der Waals surface area contributed by atoms with E-state index in [9.17, 15) is 23.6 Å². The molecular weight excluding hydrogens is 367 g/mol. The number of carbonyl (C=O) groups excluding carboxylic acids is 4. The number of alkyl halides is 1. The summed E-state index contributed by atoms with van der Waals surface area (Å²) in [7, 11) is 3.79. The average Bonchev–Trinajstić information content (AvgIpc) is 3.26. The van der Waals surface area contributed by atoms with Gasteiger partial charge in [-0.15, -0.1) is 0 Å². The molecule has 0 bridgehead atoms. The molecule has 0 radical (unpaired) electrons. The van der Waals surface area contributed by atoms with Crippen LogP contribution in [0.25, 0.3) is 0 Å². The largest absolute Gasteiger partial charge is 0.511 e. The molecule has 0 N–H and O–H groups in total. The number of cyclic esters (lactones) is 4. The first kappa shape index (κ1) is 25.3. The highest BCUT2D eigenvalue weighted by Crippen LogP contribution is 2.05. The summed E-state index contributed by atoms with van der Waals surface area (Å²) in [6.45, 7) is 2.65. The van der Waals surface area contributed by atoms with E-state index in [0.717, 1.165) is 0 Å². The third-order valence-electron chi connectivity index (χ3n) is 1.84. The van der Waals surface area contributed by atoms with E-state index in [2.05, 4.69) is 37.9 Å². The molecule has 0 aliphatic carbocycles. The van der Waals surface area contributed by atoms with Crippen LogP contribution in [0.1, 0.15) is 6.92 Å². The van der Waals surface area contributed by atoms with Gasteiger partial charge in [-0.2, -0.15) is 4.39 Å². The predicted octanol–water partition coefficient (Wildman–Crippen LogP) is 1.79. The van der Waals surface area contributed by atoms with Gasteiger partial charge in [-0.1, -0.05) is 0 Å². The minimum absolute atomic E-state index is 0.265. The van der Waals surface area contributed by atoms with Gasteiger partial charge in [-0.3, -0.25) is 0 Å². The normalized spacial score (nSPS) is 16.1. The van der Waals surface area contributed by atoms with Crippen molar-refractivity contribution in [1.29, 1.82) is 0 Å². The third kappa shape index (κ3) is 17.4. The molecule has 13 heteroatoms. The maximum atomic E-state index is 11.6. The van der Waals surface area contributed by atoms with Gasteiger partial charge >= 0.3 is 24.6 Å². The molecule has 0 amide bonds. The molecule has 152 valence electrons. The Labute approximate surface area is 148 Å². The first-order valence-electron chi connectivity index (χ1n) is 6.90. The lowest BCUT2D eigenvalue weighted by Gasteiger charge is -1.94. The van der Waals surface area contributed by atoms with Gasteiger partial charge in [0.15, 0.2) is 6.61 Å². The lowest BCUT2D eigenvalue weighted by Crippen LogP contribution is -2.02. The SMILES string of the molecule is CCOC(=O)OC.COC(=O)OC.O=C1OCC(F)O1.O=C1OCCO1. The number of rotatable bonds is 1. The summed E-state index contributed by atoms with van der Waals surface area (Å²) < 4.78 is 44.6. The number of hydrogen-bond donors (Lipinski definition) is 0. The zero-order valence-electron chi connectivity index (χ0n) is 14.7. The minimum Gasteiger partial charge on any atom is -0.438 e. The Bertz CT molecular complexity index is 405. The smallest absolute Gasteiger partial charge is 0.438 e. The highest BCUT2D eigenvalue weighted by Gasteiger charge is 2.23. The molecule has 0 aromatic heterocycles. The Balaban J connectivity index is 0. The Morgan fingerprint density at radius 1 is 0.962 bits per heavy atom. The van der Waals surface area contributed by atoms with Gasteiger partial charge in [0.1, 0.15) is 13.2 Å². The lowest BCUT2D eigenvalue weighted by atomic mass is 10.8. The van der Waals surface area contributed by atoms with E-state index in [-0.39, 0.29) is 6.61 Å². The molecule has 1 unspecified atom stereocenters. The first-order chi connectivity index (χ1) is 12.3. The summed E-state index contributed by atoms with van der Waals surface area (Å²) >= 11 is 0. The summed E-state index contributed by atoms with van der Waals surface area (Å²) in [5.74, 6) is 0. The standard InChI is InChI=1S/C4H8O3.C3H3FO3.C3H4O3.C3H6O3/c1-3-7-4(5)6-2;4-2-1-6-3(5)7-2;4-3-5-1-2-6-3;1-5-3(4)6-2/h3H2,1-2H3;2H,1H2;1-2H2;1-2H3. The molecule has 0 spiro atoms. The molecule has 2 fully saturated rings. The van der Waals surface area contributed by atoms with Crippen LogP contribution in [0, 0.1) is 0 Å². The quantitative estimate of drug-likeness (QED) is 0.477. The van der Waals surface area contributed by atoms with Gasteiger partial charge < -0.3 is 37.9 Å². The minimum atomic E-state index is -1.55. The topological polar surface area (TPSA) is 142 Å². The van der Waals surface area contributed by atoms with Crippen LogP contribution in [0.15, 0.2) is 0 Å². The number of hydrogen-bond acceptors (Lipinski definition) is 12. The fourth-order valence-electron chi connectivity index (χ4n) is 0.858. The molecular formula is C13H21FO12. The number of halogens is 1. The van der Waals surface area contributed by atoms with Crippen molar-refractivity contribution in [3.63, 3.8) is 0 Å². The zero-order chi connectivity index (χ0) is 20.4. The van der Waals surface area contributed by atoms with Gasteiger partial charge in [0, 0.05) is 0 Å². The van der Waals surface area contributed by atoms with E-state index in [0.29, 0.717) is 19.8 Å². The van der Waals surface area contributed by atoms with E-state index in [1.54, 1.807) is 6.92 Å². The molecule has 2 aliphatic heterocycles. The van der Waals surface area contributed by atoms with Crippen molar-refractivity contribution in [2.75, 3.05) is 47.8 Å². The Hall–Kier alpha value is -2.99. The molecule has 0 aromatic rings. The highest BCUT2D eigenvalue weighted by atomic mass is 19.1. The monoisotopic (exact) mass is 388 g/mol. The lowest BCUT2D eigenvalue weighted by molar-refractivity contribution is 0.0572. The second-order valence-electron chi connectivity index (χ2n) is 3.58. The van der Waals surface area contributed by atoms with Gasteiger partial charge in [-0.05, 0) is 6.92 Å². The van der Waals surface area contributed by atoms with Crippen molar-refractivity contribution in [2.45, 2.75) is 13.3 Å². The Kier molecular flexibility index (Phi) is 16.4. The summed E-state index contributed by atoms with van der Waals surface area (Å²) in [5.41, 5.74) is 0. The molecule has 2 saturated heterocycles. The highest BCUT2D eigenvalue weighted by molar-refractivity contribution is 5.61. The van der Waals surface area contributed by atoms with Crippen molar-refractivity contribution >= 4 is 24.6 Å². The third-order valence-corrected chi connectivity index (χ3v) is 1.84. The number of methoxy groups -OCH3 is 3. The predicted molar refractivity (Wildman–Crippen MR) is 78.1 cm³/mol. The fraction of sp³-hybridized carbons (Fsp3) is 0.692. The Morgan fingerprint density at radius 3 is 1.58 bits per heavy atom. The van der Waals surface area contributed by atoms with Crippen molar-refractivity contribution in [3.8, 4) is 0 Å². The van der Waals surface area contributed by atoms with Gasteiger partial charge in [-0.25, -0.2) is 19.2 Å². The number of carbonyl (C=O) groups is 4. The second-order valence-corrected chi connectivity index (χ2v) is 3.58. The maximum Gasteiger partial charge on any atom is 0.511 e. The Morgan fingerprint density at radius 2 is 1.46 bits per heavy atom. The zero-order valence-corrected chi connectivity index (χ0v) is 14.7. The van der Waals surface area contributed by atoms with Crippen molar-refractivity contribution in [2.24, 2.45) is 0 Å². The van der Waals surface area contributed by atoms with E-state index >= 15 is 0 Å². The molecule has 2 heterocycles. The van der Waals surface area contributed by atoms with Crippen LogP contribution >= 0.6 is 0 Å².